The van der Waals surface area contributed by atoms with E-state index >= 15 is 0 Å². The molecule has 16 heavy (non-hydrogen) atoms. The molecule has 4 N–H and O–H groups in total. The van der Waals surface area contributed by atoms with Gasteiger partial charge in [0.2, 0.25) is 10.0 Å². The Hall–Kier alpha value is -1.08. The fraction of sp³-hybridized carbons (Fsp3) is 0.667. The molecule has 1 aliphatic carbocycles. The van der Waals surface area contributed by atoms with E-state index in [0.717, 1.165) is 19.3 Å². The number of hydrogen-bond donors (Lipinski definition) is 3. The highest BCUT2D eigenvalue weighted by atomic mass is 32.2. The number of hydrogen-bond acceptors (Lipinski definition) is 4. The third kappa shape index (κ3) is 2.05. The lowest BCUT2D eigenvalue weighted by atomic mass is 10.1. The maximum absolute atomic E-state index is 11.9. The summed E-state index contributed by atoms with van der Waals surface area (Å²) in [5.41, 5.74) is 5.65. The van der Waals surface area contributed by atoms with Crippen LogP contribution < -0.4 is 10.5 Å². The largest absolute Gasteiger partial charge is 0.383 e. The zero-order valence-corrected chi connectivity index (χ0v) is 9.97. The molecule has 0 aromatic carbocycles. The maximum atomic E-state index is 11.9. The quantitative estimate of drug-likeness (QED) is 0.700. The number of nitrogens with two attached hydrogens (primary N) is 1. The molecule has 0 radical (unpaired) electrons. The predicted octanol–water partition coefficient (Wildman–Crippen LogP) is 0.460. The average Bonchev–Trinajstić information content (AvgIpc) is 2.91. The Morgan fingerprint density at radius 3 is 2.75 bits per heavy atom. The minimum atomic E-state index is -3.52. The molecule has 0 spiro atoms. The minimum Gasteiger partial charge on any atom is -0.383 e. The molecule has 0 unspecified atom stereocenters. The van der Waals surface area contributed by atoms with Crippen LogP contribution >= 0.6 is 0 Å². The lowest BCUT2D eigenvalue weighted by Crippen LogP contribution is -2.30. The molecule has 6 nitrogen and oxygen atoms in total. The number of nitrogen functional groups attached to an aromatic ring is 1. The molecule has 1 aromatic heterocycles. The summed E-state index contributed by atoms with van der Waals surface area (Å²) in [4.78, 5) is 0.0272. The van der Waals surface area contributed by atoms with Crippen molar-refractivity contribution in [3.63, 3.8) is 0 Å². The third-order valence-electron chi connectivity index (χ3n) is 3.27. The van der Waals surface area contributed by atoms with E-state index in [0.29, 0.717) is 6.54 Å². The Labute approximate surface area is 94.7 Å². The first-order valence-corrected chi connectivity index (χ1v) is 6.76. The molecule has 0 amide bonds. The van der Waals surface area contributed by atoms with E-state index in [1.54, 1.807) is 0 Å². The van der Waals surface area contributed by atoms with Gasteiger partial charge in [-0.2, -0.15) is 5.10 Å². The Morgan fingerprint density at radius 2 is 2.31 bits per heavy atom. The summed E-state index contributed by atoms with van der Waals surface area (Å²) < 4.78 is 26.3. The van der Waals surface area contributed by atoms with Gasteiger partial charge < -0.3 is 5.73 Å². The van der Waals surface area contributed by atoms with Gasteiger partial charge in [-0.25, -0.2) is 13.1 Å². The average molecular weight is 244 g/mol. The van der Waals surface area contributed by atoms with Crippen LogP contribution in [-0.4, -0.2) is 25.2 Å². The van der Waals surface area contributed by atoms with Crippen LogP contribution in [-0.2, 0) is 10.0 Å². The number of H-pyrrole nitrogens is 1. The van der Waals surface area contributed by atoms with Crippen molar-refractivity contribution in [3.05, 3.63) is 6.20 Å². The van der Waals surface area contributed by atoms with E-state index in [9.17, 15) is 8.42 Å². The van der Waals surface area contributed by atoms with E-state index in [2.05, 4.69) is 21.8 Å². The molecule has 2 rings (SSSR count). The molecular weight excluding hydrogens is 228 g/mol. The van der Waals surface area contributed by atoms with Crippen LogP contribution in [0.3, 0.4) is 0 Å². The fourth-order valence-corrected chi connectivity index (χ4v) is 2.84. The summed E-state index contributed by atoms with van der Waals surface area (Å²) in [5, 5.41) is 6.01. The molecule has 1 fully saturated rings. The Morgan fingerprint density at radius 1 is 1.62 bits per heavy atom. The summed E-state index contributed by atoms with van der Waals surface area (Å²) in [6.45, 7) is 2.56. The maximum Gasteiger partial charge on any atom is 0.245 e. The molecule has 0 saturated heterocycles. The van der Waals surface area contributed by atoms with Gasteiger partial charge in [-0.15, -0.1) is 0 Å². The second-order valence-corrected chi connectivity index (χ2v) is 6.06. The second-order valence-electron chi connectivity index (χ2n) is 4.33. The molecule has 1 heterocycles. The van der Waals surface area contributed by atoms with Crippen molar-refractivity contribution >= 4 is 15.8 Å². The summed E-state index contributed by atoms with van der Waals surface area (Å²) >= 11 is 0. The second kappa shape index (κ2) is 3.74. The smallest absolute Gasteiger partial charge is 0.245 e. The Bertz CT molecular complexity index is 475. The topological polar surface area (TPSA) is 101 Å². The van der Waals surface area contributed by atoms with Crippen molar-refractivity contribution in [1.82, 2.24) is 14.9 Å². The number of aromatic nitrogens is 2. The van der Waals surface area contributed by atoms with Gasteiger partial charge >= 0.3 is 0 Å². The van der Waals surface area contributed by atoms with Crippen molar-refractivity contribution in [2.75, 3.05) is 12.3 Å². The van der Waals surface area contributed by atoms with Crippen molar-refractivity contribution in [2.45, 2.75) is 31.1 Å². The van der Waals surface area contributed by atoms with Crippen molar-refractivity contribution in [2.24, 2.45) is 5.41 Å². The first-order valence-electron chi connectivity index (χ1n) is 5.28. The number of rotatable bonds is 5. The van der Waals surface area contributed by atoms with Crippen molar-refractivity contribution in [1.29, 1.82) is 0 Å². The number of nitrogens with one attached hydrogen (secondary N) is 2. The number of sulfonamides is 1. The van der Waals surface area contributed by atoms with Crippen molar-refractivity contribution in [3.8, 4) is 0 Å². The van der Waals surface area contributed by atoms with Gasteiger partial charge in [0.15, 0.2) is 0 Å². The molecule has 7 heteroatoms. The standard InChI is InChI=1S/C9H16N4O2S/c1-2-9(3-4-9)6-12-16(14,15)7-5-11-13-8(7)10/h5,12H,2-4,6H2,1H3,(H3,10,11,13). The van der Waals surface area contributed by atoms with Gasteiger partial charge in [-0.1, -0.05) is 6.92 Å². The van der Waals surface area contributed by atoms with Gasteiger partial charge in [0, 0.05) is 6.54 Å². The van der Waals surface area contributed by atoms with E-state index in [1.165, 1.54) is 6.20 Å². The highest BCUT2D eigenvalue weighted by Crippen LogP contribution is 2.48. The molecular formula is C9H16N4O2S. The highest BCUT2D eigenvalue weighted by molar-refractivity contribution is 7.89. The van der Waals surface area contributed by atoms with Crippen LogP contribution in [0.5, 0.6) is 0 Å². The number of anilines is 1. The molecule has 1 aliphatic rings. The Balaban J connectivity index is 2.07. The van der Waals surface area contributed by atoms with Gasteiger partial charge in [0.05, 0.1) is 6.20 Å². The first kappa shape index (κ1) is 11.4. The van der Waals surface area contributed by atoms with Crippen molar-refractivity contribution < 1.29 is 8.42 Å². The molecule has 0 aliphatic heterocycles. The molecule has 1 aromatic rings. The van der Waals surface area contributed by atoms with Crippen LogP contribution in [0, 0.1) is 5.41 Å². The summed E-state index contributed by atoms with van der Waals surface area (Å²) in [6.07, 6.45) is 4.40. The zero-order valence-electron chi connectivity index (χ0n) is 9.16. The fourth-order valence-electron chi connectivity index (χ4n) is 1.66. The molecule has 0 bridgehead atoms. The monoisotopic (exact) mass is 244 g/mol. The zero-order chi connectivity index (χ0) is 11.8. The third-order valence-corrected chi connectivity index (χ3v) is 4.69. The predicted molar refractivity (Wildman–Crippen MR) is 60.1 cm³/mol. The van der Waals surface area contributed by atoms with E-state index in [1.807, 2.05) is 0 Å². The molecule has 1 saturated carbocycles. The molecule has 90 valence electrons. The van der Waals surface area contributed by atoms with Gasteiger partial charge in [-0.3, -0.25) is 5.10 Å². The Kier molecular flexibility index (Phi) is 2.67. The number of aromatic amines is 1. The van der Waals surface area contributed by atoms with E-state index in [-0.39, 0.29) is 16.1 Å². The van der Waals surface area contributed by atoms with E-state index < -0.39 is 10.0 Å². The number of nitrogens with zero attached hydrogens (tertiary/aromatic N) is 1. The SMILES string of the molecule is CCC1(CNS(=O)(=O)c2cn[nH]c2N)CC1. The molecule has 0 atom stereocenters. The van der Waals surface area contributed by atoms with Gasteiger partial charge in [-0.05, 0) is 24.7 Å². The summed E-state index contributed by atoms with van der Waals surface area (Å²) in [6, 6.07) is 0. The summed E-state index contributed by atoms with van der Waals surface area (Å²) in [7, 11) is -3.52. The summed E-state index contributed by atoms with van der Waals surface area (Å²) in [5.74, 6) is 0.0776. The minimum absolute atomic E-state index is 0.0272. The van der Waals surface area contributed by atoms with Gasteiger partial charge in [0.1, 0.15) is 10.7 Å². The highest BCUT2D eigenvalue weighted by Gasteiger charge is 2.41. The van der Waals surface area contributed by atoms with E-state index in [4.69, 9.17) is 5.73 Å². The lowest BCUT2D eigenvalue weighted by molar-refractivity contribution is 0.476. The van der Waals surface area contributed by atoms with Crippen LogP contribution in [0.15, 0.2) is 11.1 Å². The normalized spacial score (nSPS) is 18.6. The van der Waals surface area contributed by atoms with Crippen LogP contribution in [0.4, 0.5) is 5.82 Å². The van der Waals surface area contributed by atoms with Crippen LogP contribution in [0.2, 0.25) is 0 Å². The van der Waals surface area contributed by atoms with Crippen LogP contribution in [0.25, 0.3) is 0 Å². The first-order chi connectivity index (χ1) is 7.49. The lowest BCUT2D eigenvalue weighted by Gasteiger charge is -2.13. The van der Waals surface area contributed by atoms with Gasteiger partial charge in [0.25, 0.3) is 0 Å². The van der Waals surface area contributed by atoms with Crippen LogP contribution in [0.1, 0.15) is 26.2 Å².